The highest BCUT2D eigenvalue weighted by Crippen LogP contribution is 2.13. The van der Waals surface area contributed by atoms with Gasteiger partial charge in [-0.25, -0.2) is 0 Å². The zero-order chi connectivity index (χ0) is 11.3. The monoisotopic (exact) mass is 216 g/mol. The maximum atomic E-state index is 11.3. The van der Waals surface area contributed by atoms with Crippen molar-refractivity contribution in [2.75, 3.05) is 13.2 Å². The number of rotatable bonds is 5. The van der Waals surface area contributed by atoms with Gasteiger partial charge in [-0.1, -0.05) is 6.92 Å². The SMILES string of the molecule is CCC(C(=O)O)C(=O)OCC1CCCO1. The van der Waals surface area contributed by atoms with E-state index in [9.17, 15) is 9.59 Å². The zero-order valence-corrected chi connectivity index (χ0v) is 8.77. The van der Waals surface area contributed by atoms with E-state index in [1.807, 2.05) is 0 Å². The molecule has 15 heavy (non-hydrogen) atoms. The predicted molar refractivity (Wildman–Crippen MR) is 51.3 cm³/mol. The molecule has 1 saturated heterocycles. The molecule has 1 N–H and O–H groups in total. The van der Waals surface area contributed by atoms with Gasteiger partial charge in [0.25, 0.3) is 0 Å². The van der Waals surface area contributed by atoms with Gasteiger partial charge in [0.15, 0.2) is 5.92 Å². The topological polar surface area (TPSA) is 72.8 Å². The third-order valence-electron chi connectivity index (χ3n) is 2.43. The average Bonchev–Trinajstić information content (AvgIpc) is 2.67. The molecule has 1 heterocycles. The molecule has 1 aliphatic heterocycles. The van der Waals surface area contributed by atoms with Crippen molar-refractivity contribution in [3.63, 3.8) is 0 Å². The summed E-state index contributed by atoms with van der Waals surface area (Å²) in [6, 6.07) is 0. The van der Waals surface area contributed by atoms with Gasteiger partial charge in [0.05, 0.1) is 6.10 Å². The standard InChI is InChI=1S/C10H16O5/c1-2-8(9(11)12)10(13)15-6-7-4-3-5-14-7/h7-8H,2-6H2,1H3,(H,11,12). The molecule has 2 unspecified atom stereocenters. The van der Waals surface area contributed by atoms with E-state index < -0.39 is 17.9 Å². The third kappa shape index (κ3) is 3.51. The molecule has 0 aliphatic carbocycles. The highest BCUT2D eigenvalue weighted by atomic mass is 16.6. The van der Waals surface area contributed by atoms with Gasteiger partial charge < -0.3 is 14.6 Å². The molecule has 86 valence electrons. The normalized spacial score (nSPS) is 22.3. The smallest absolute Gasteiger partial charge is 0.320 e. The van der Waals surface area contributed by atoms with Gasteiger partial charge in [-0.15, -0.1) is 0 Å². The van der Waals surface area contributed by atoms with Crippen LogP contribution in [0.15, 0.2) is 0 Å². The van der Waals surface area contributed by atoms with E-state index in [1.165, 1.54) is 0 Å². The second kappa shape index (κ2) is 5.70. The molecule has 1 fully saturated rings. The van der Waals surface area contributed by atoms with Crippen LogP contribution in [0.5, 0.6) is 0 Å². The van der Waals surface area contributed by atoms with Crippen LogP contribution in [0.3, 0.4) is 0 Å². The molecule has 0 aromatic rings. The van der Waals surface area contributed by atoms with Crippen LogP contribution in [-0.4, -0.2) is 36.4 Å². The maximum Gasteiger partial charge on any atom is 0.320 e. The Bertz CT molecular complexity index is 232. The Kier molecular flexibility index (Phi) is 4.55. The van der Waals surface area contributed by atoms with Crippen molar-refractivity contribution in [1.82, 2.24) is 0 Å². The van der Waals surface area contributed by atoms with Gasteiger partial charge in [-0.2, -0.15) is 0 Å². The number of carbonyl (C=O) groups excluding carboxylic acids is 1. The maximum absolute atomic E-state index is 11.3. The molecule has 0 radical (unpaired) electrons. The lowest BCUT2D eigenvalue weighted by Crippen LogP contribution is -2.28. The minimum absolute atomic E-state index is 0.0553. The summed E-state index contributed by atoms with van der Waals surface area (Å²) in [6.45, 7) is 2.51. The van der Waals surface area contributed by atoms with Crippen LogP contribution >= 0.6 is 0 Å². The molecular weight excluding hydrogens is 200 g/mol. The summed E-state index contributed by atoms with van der Waals surface area (Å²) in [5.74, 6) is -2.85. The number of esters is 1. The molecule has 2 atom stereocenters. The zero-order valence-electron chi connectivity index (χ0n) is 8.77. The Morgan fingerprint density at radius 3 is 2.80 bits per heavy atom. The molecule has 0 amide bonds. The van der Waals surface area contributed by atoms with Gasteiger partial charge in [-0.3, -0.25) is 9.59 Å². The molecule has 0 saturated carbocycles. The Labute approximate surface area is 88.4 Å². The predicted octanol–water partition coefficient (Wildman–Crippen LogP) is 0.819. The first-order valence-electron chi connectivity index (χ1n) is 5.16. The van der Waals surface area contributed by atoms with Gasteiger partial charge in [0.2, 0.25) is 0 Å². The molecule has 0 aromatic carbocycles. The molecule has 0 aromatic heterocycles. The van der Waals surface area contributed by atoms with Crippen LogP contribution in [-0.2, 0) is 19.1 Å². The Morgan fingerprint density at radius 2 is 2.33 bits per heavy atom. The fourth-order valence-corrected chi connectivity index (χ4v) is 1.49. The van der Waals surface area contributed by atoms with Crippen LogP contribution in [0.25, 0.3) is 0 Å². The summed E-state index contributed by atoms with van der Waals surface area (Å²) in [6.07, 6.45) is 2.04. The first-order chi connectivity index (χ1) is 7.15. The van der Waals surface area contributed by atoms with Crippen molar-refractivity contribution in [1.29, 1.82) is 0 Å². The van der Waals surface area contributed by atoms with E-state index in [1.54, 1.807) is 6.92 Å². The lowest BCUT2D eigenvalue weighted by atomic mass is 10.1. The number of carbonyl (C=O) groups is 2. The minimum Gasteiger partial charge on any atom is -0.481 e. The Morgan fingerprint density at radius 1 is 1.60 bits per heavy atom. The van der Waals surface area contributed by atoms with Crippen molar-refractivity contribution in [3.05, 3.63) is 0 Å². The van der Waals surface area contributed by atoms with E-state index in [2.05, 4.69) is 0 Å². The number of carboxylic acids is 1. The molecule has 5 heteroatoms. The van der Waals surface area contributed by atoms with Gasteiger partial charge >= 0.3 is 11.9 Å². The largest absolute Gasteiger partial charge is 0.481 e. The number of ether oxygens (including phenoxy) is 2. The summed E-state index contributed by atoms with van der Waals surface area (Å²) in [5.41, 5.74) is 0. The molecular formula is C10H16O5. The van der Waals surface area contributed by atoms with Crippen LogP contribution in [0, 0.1) is 5.92 Å². The number of hydrogen-bond acceptors (Lipinski definition) is 4. The Hall–Kier alpha value is -1.10. The van der Waals surface area contributed by atoms with Crippen LogP contribution in [0.2, 0.25) is 0 Å². The van der Waals surface area contributed by atoms with Crippen LogP contribution < -0.4 is 0 Å². The lowest BCUT2D eigenvalue weighted by Gasteiger charge is -2.13. The quantitative estimate of drug-likeness (QED) is 0.544. The number of carboxylic acid groups (broad SMARTS) is 1. The van der Waals surface area contributed by atoms with Crippen LogP contribution in [0.1, 0.15) is 26.2 Å². The first kappa shape index (κ1) is 12.0. The average molecular weight is 216 g/mol. The lowest BCUT2D eigenvalue weighted by molar-refractivity contribution is -0.160. The fourth-order valence-electron chi connectivity index (χ4n) is 1.49. The van der Waals surface area contributed by atoms with Gasteiger partial charge in [0, 0.05) is 6.61 Å². The summed E-state index contributed by atoms with van der Waals surface area (Å²) in [4.78, 5) is 21.9. The van der Waals surface area contributed by atoms with E-state index in [-0.39, 0.29) is 19.1 Å². The highest BCUT2D eigenvalue weighted by molar-refractivity contribution is 5.93. The third-order valence-corrected chi connectivity index (χ3v) is 2.43. The highest BCUT2D eigenvalue weighted by Gasteiger charge is 2.27. The van der Waals surface area contributed by atoms with Crippen molar-refractivity contribution in [3.8, 4) is 0 Å². The van der Waals surface area contributed by atoms with Gasteiger partial charge in [0.1, 0.15) is 6.61 Å². The van der Waals surface area contributed by atoms with E-state index in [0.29, 0.717) is 6.61 Å². The number of hydrogen-bond donors (Lipinski definition) is 1. The molecule has 5 nitrogen and oxygen atoms in total. The van der Waals surface area contributed by atoms with Crippen molar-refractivity contribution >= 4 is 11.9 Å². The van der Waals surface area contributed by atoms with Gasteiger partial charge in [-0.05, 0) is 19.3 Å². The second-order valence-corrected chi connectivity index (χ2v) is 3.56. The summed E-state index contributed by atoms with van der Waals surface area (Å²) in [7, 11) is 0. The summed E-state index contributed by atoms with van der Waals surface area (Å²) >= 11 is 0. The fraction of sp³-hybridized carbons (Fsp3) is 0.800. The Balaban J connectivity index is 2.30. The second-order valence-electron chi connectivity index (χ2n) is 3.56. The first-order valence-corrected chi connectivity index (χ1v) is 5.16. The van der Waals surface area contributed by atoms with E-state index >= 15 is 0 Å². The van der Waals surface area contributed by atoms with Crippen molar-refractivity contribution < 1.29 is 24.2 Å². The van der Waals surface area contributed by atoms with E-state index in [4.69, 9.17) is 14.6 Å². The minimum atomic E-state index is -1.13. The van der Waals surface area contributed by atoms with Crippen molar-refractivity contribution in [2.45, 2.75) is 32.3 Å². The van der Waals surface area contributed by atoms with E-state index in [0.717, 1.165) is 12.8 Å². The molecule has 0 bridgehead atoms. The number of aliphatic carboxylic acids is 1. The van der Waals surface area contributed by atoms with Crippen LogP contribution in [0.4, 0.5) is 0 Å². The molecule has 1 aliphatic rings. The molecule has 1 rings (SSSR count). The van der Waals surface area contributed by atoms with Crippen molar-refractivity contribution in [2.24, 2.45) is 5.92 Å². The molecule has 0 spiro atoms. The summed E-state index contributed by atoms with van der Waals surface area (Å²) in [5, 5.41) is 8.70. The summed E-state index contributed by atoms with van der Waals surface area (Å²) < 4.78 is 10.1.